The molecule has 0 aromatic heterocycles. The number of nitrogens with one attached hydrogen (secondary N) is 1. The van der Waals surface area contributed by atoms with E-state index in [0.29, 0.717) is 5.56 Å². The third kappa shape index (κ3) is 5.51. The molecule has 0 spiro atoms. The van der Waals surface area contributed by atoms with Crippen LogP contribution in [-0.4, -0.2) is 31.6 Å². The Bertz CT molecular complexity index is 416. The molecular formula is C15H23F3N2. The Balaban J connectivity index is 2.65. The fourth-order valence-electron chi connectivity index (χ4n) is 2.04. The number of hydrogen-bond acceptors (Lipinski definition) is 2. The average molecular weight is 288 g/mol. The van der Waals surface area contributed by atoms with Crippen molar-refractivity contribution in [3.05, 3.63) is 35.4 Å². The Morgan fingerprint density at radius 2 is 1.85 bits per heavy atom. The third-order valence-electron chi connectivity index (χ3n) is 3.26. The molecule has 2 atom stereocenters. The summed E-state index contributed by atoms with van der Waals surface area (Å²) in [6.07, 6.45) is -3.33. The molecule has 0 bridgehead atoms. The summed E-state index contributed by atoms with van der Waals surface area (Å²) >= 11 is 0. The molecule has 0 amide bonds. The van der Waals surface area contributed by atoms with Gasteiger partial charge in [0.1, 0.15) is 0 Å². The van der Waals surface area contributed by atoms with Crippen molar-refractivity contribution in [2.75, 3.05) is 20.6 Å². The fraction of sp³-hybridized carbons (Fsp3) is 0.600. The molecule has 1 N–H and O–H groups in total. The highest BCUT2D eigenvalue weighted by molar-refractivity contribution is 5.27. The summed E-state index contributed by atoms with van der Waals surface area (Å²) in [5.74, 6) is 0. The first kappa shape index (κ1) is 17.0. The lowest BCUT2D eigenvalue weighted by Gasteiger charge is -2.22. The Hall–Kier alpha value is -1.07. The van der Waals surface area contributed by atoms with Crippen LogP contribution in [0.4, 0.5) is 13.2 Å². The molecular weight excluding hydrogens is 265 g/mol. The first-order chi connectivity index (χ1) is 9.20. The monoisotopic (exact) mass is 288 g/mol. The molecule has 0 fully saturated rings. The summed E-state index contributed by atoms with van der Waals surface area (Å²) < 4.78 is 38.0. The van der Waals surface area contributed by atoms with Crippen LogP contribution in [0.2, 0.25) is 0 Å². The molecule has 0 aliphatic rings. The van der Waals surface area contributed by atoms with Gasteiger partial charge in [-0.3, -0.25) is 0 Å². The zero-order valence-corrected chi connectivity index (χ0v) is 12.5. The lowest BCUT2D eigenvalue weighted by Crippen LogP contribution is -2.32. The largest absolute Gasteiger partial charge is 0.416 e. The van der Waals surface area contributed by atoms with Crippen LogP contribution in [-0.2, 0) is 6.18 Å². The summed E-state index contributed by atoms with van der Waals surface area (Å²) in [7, 11) is 4.01. The highest BCUT2D eigenvalue weighted by atomic mass is 19.4. The van der Waals surface area contributed by atoms with Crippen LogP contribution in [0.1, 0.15) is 37.4 Å². The van der Waals surface area contributed by atoms with Gasteiger partial charge in [-0.1, -0.05) is 12.1 Å². The Kier molecular flexibility index (Phi) is 6.02. The summed E-state index contributed by atoms with van der Waals surface area (Å²) in [5.41, 5.74) is 0.0705. The van der Waals surface area contributed by atoms with Crippen LogP contribution in [0.5, 0.6) is 0 Å². The molecule has 2 unspecified atom stereocenters. The van der Waals surface area contributed by atoms with Crippen molar-refractivity contribution in [3.8, 4) is 0 Å². The normalized spacial score (nSPS) is 15.4. The zero-order chi connectivity index (χ0) is 15.3. The van der Waals surface area contributed by atoms with Gasteiger partial charge in [-0.25, -0.2) is 0 Å². The van der Waals surface area contributed by atoms with E-state index in [-0.39, 0.29) is 12.1 Å². The summed E-state index contributed by atoms with van der Waals surface area (Å²) in [6.45, 7) is 4.89. The molecule has 0 aliphatic carbocycles. The predicted octanol–water partition coefficient (Wildman–Crippen LogP) is 3.70. The Labute approximate surface area is 119 Å². The lowest BCUT2D eigenvalue weighted by atomic mass is 10.0. The van der Waals surface area contributed by atoms with E-state index in [4.69, 9.17) is 0 Å². The van der Waals surface area contributed by atoms with Crippen LogP contribution in [0.3, 0.4) is 0 Å². The maximum atomic E-state index is 12.7. The summed E-state index contributed by atoms with van der Waals surface area (Å²) in [5, 5.41) is 3.34. The van der Waals surface area contributed by atoms with Crippen molar-refractivity contribution >= 4 is 0 Å². The van der Waals surface area contributed by atoms with Gasteiger partial charge in [0.15, 0.2) is 0 Å². The number of alkyl halides is 3. The molecule has 20 heavy (non-hydrogen) atoms. The van der Waals surface area contributed by atoms with E-state index in [1.165, 1.54) is 12.1 Å². The minimum Gasteiger partial charge on any atom is -0.309 e. The maximum Gasteiger partial charge on any atom is 0.416 e. The minimum absolute atomic E-state index is 0.102. The van der Waals surface area contributed by atoms with Crippen molar-refractivity contribution in [1.29, 1.82) is 0 Å². The van der Waals surface area contributed by atoms with Crippen molar-refractivity contribution in [1.82, 2.24) is 10.2 Å². The molecule has 0 saturated heterocycles. The van der Waals surface area contributed by atoms with Gasteiger partial charge in [-0.2, -0.15) is 13.2 Å². The van der Waals surface area contributed by atoms with Crippen LogP contribution in [0, 0.1) is 0 Å². The highest BCUT2D eigenvalue weighted by Gasteiger charge is 2.30. The summed E-state index contributed by atoms with van der Waals surface area (Å²) in [6, 6.07) is 5.66. The van der Waals surface area contributed by atoms with Crippen molar-refractivity contribution < 1.29 is 13.2 Å². The fourth-order valence-corrected chi connectivity index (χ4v) is 2.04. The second kappa shape index (κ2) is 7.09. The summed E-state index contributed by atoms with van der Waals surface area (Å²) in [4.78, 5) is 2.09. The first-order valence-electron chi connectivity index (χ1n) is 6.78. The number of nitrogens with zero attached hydrogens (tertiary/aromatic N) is 1. The molecule has 1 aromatic carbocycles. The van der Waals surface area contributed by atoms with E-state index < -0.39 is 11.7 Å². The molecule has 0 aliphatic heterocycles. The topological polar surface area (TPSA) is 15.3 Å². The van der Waals surface area contributed by atoms with Crippen molar-refractivity contribution in [2.24, 2.45) is 0 Å². The second-order valence-electron chi connectivity index (χ2n) is 5.50. The quantitative estimate of drug-likeness (QED) is 0.858. The molecule has 114 valence electrons. The van der Waals surface area contributed by atoms with Gasteiger partial charge in [0.25, 0.3) is 0 Å². The van der Waals surface area contributed by atoms with E-state index in [1.54, 1.807) is 6.07 Å². The standard InChI is InChI=1S/C15H23F3N2/c1-11(8-9-20(3)4)19-12(2)13-6-5-7-14(10-13)15(16,17)18/h5-7,10-12,19H,8-9H2,1-4H3. The second-order valence-corrected chi connectivity index (χ2v) is 5.50. The predicted molar refractivity (Wildman–Crippen MR) is 75.6 cm³/mol. The first-order valence-corrected chi connectivity index (χ1v) is 6.78. The number of hydrogen-bond donors (Lipinski definition) is 1. The Morgan fingerprint density at radius 3 is 2.40 bits per heavy atom. The van der Waals surface area contributed by atoms with E-state index in [1.807, 2.05) is 27.9 Å². The van der Waals surface area contributed by atoms with Crippen molar-refractivity contribution in [3.63, 3.8) is 0 Å². The van der Waals surface area contributed by atoms with E-state index in [0.717, 1.165) is 19.0 Å². The van der Waals surface area contributed by atoms with Crippen LogP contribution >= 0.6 is 0 Å². The van der Waals surface area contributed by atoms with Crippen LogP contribution in [0.15, 0.2) is 24.3 Å². The van der Waals surface area contributed by atoms with Gasteiger partial charge in [0, 0.05) is 12.1 Å². The molecule has 0 radical (unpaired) electrons. The molecule has 0 saturated carbocycles. The molecule has 1 aromatic rings. The van der Waals surface area contributed by atoms with Gasteiger partial charge < -0.3 is 10.2 Å². The zero-order valence-electron chi connectivity index (χ0n) is 12.5. The molecule has 2 nitrogen and oxygen atoms in total. The smallest absolute Gasteiger partial charge is 0.309 e. The van der Waals surface area contributed by atoms with E-state index in [2.05, 4.69) is 10.2 Å². The van der Waals surface area contributed by atoms with Crippen molar-refractivity contribution in [2.45, 2.75) is 38.5 Å². The van der Waals surface area contributed by atoms with Crippen LogP contribution < -0.4 is 5.32 Å². The number of benzene rings is 1. The van der Waals surface area contributed by atoms with Crippen LogP contribution in [0.25, 0.3) is 0 Å². The Morgan fingerprint density at radius 1 is 1.20 bits per heavy atom. The van der Waals surface area contributed by atoms with Gasteiger partial charge in [-0.15, -0.1) is 0 Å². The average Bonchev–Trinajstić information content (AvgIpc) is 2.35. The van der Waals surface area contributed by atoms with Gasteiger partial charge in [0.2, 0.25) is 0 Å². The van der Waals surface area contributed by atoms with Gasteiger partial charge >= 0.3 is 6.18 Å². The molecule has 5 heteroatoms. The highest BCUT2D eigenvalue weighted by Crippen LogP contribution is 2.30. The van der Waals surface area contributed by atoms with Gasteiger partial charge in [-0.05, 0) is 58.6 Å². The third-order valence-corrected chi connectivity index (χ3v) is 3.26. The number of halogens is 3. The molecule has 1 rings (SSSR count). The lowest BCUT2D eigenvalue weighted by molar-refractivity contribution is -0.137. The SMILES string of the molecule is CC(CCN(C)C)NC(C)c1cccc(C(F)(F)F)c1. The number of rotatable bonds is 6. The van der Waals surface area contributed by atoms with E-state index >= 15 is 0 Å². The van der Waals surface area contributed by atoms with Gasteiger partial charge in [0.05, 0.1) is 5.56 Å². The maximum absolute atomic E-state index is 12.7. The van der Waals surface area contributed by atoms with E-state index in [9.17, 15) is 13.2 Å². The minimum atomic E-state index is -4.29. The molecule has 0 heterocycles.